The highest BCUT2D eigenvalue weighted by atomic mass is 16.6. The topological polar surface area (TPSA) is 152 Å². The van der Waals surface area contributed by atoms with E-state index in [9.17, 15) is 29.7 Å². The van der Waals surface area contributed by atoms with Crippen LogP contribution in [0.15, 0.2) is 109 Å². The van der Waals surface area contributed by atoms with E-state index in [1.54, 1.807) is 7.05 Å². The van der Waals surface area contributed by atoms with E-state index in [1.165, 1.54) is 9.80 Å². The quantitative estimate of drug-likeness (QED) is 0.109. The SMILES string of the molecule is CN(C(=O)NC(C)(C)C)[C@@H](Cc1ccccc1)C(O)CN(C[C@@H](O)[C@H](Cc1ccccc1)NC(=O)O)C(=O)OCC1c2ccccc2-c2ccccc21. The Balaban J connectivity index is 1.42. The minimum absolute atomic E-state index is 0.00228. The molecule has 0 heterocycles. The summed E-state index contributed by atoms with van der Waals surface area (Å²) in [6.07, 6.45) is -4.37. The summed E-state index contributed by atoms with van der Waals surface area (Å²) in [6.45, 7) is 4.90. The van der Waals surface area contributed by atoms with E-state index in [1.807, 2.05) is 130 Å². The summed E-state index contributed by atoms with van der Waals surface area (Å²) in [6, 6.07) is 32.3. The van der Waals surface area contributed by atoms with Crippen molar-refractivity contribution in [3.05, 3.63) is 131 Å². The van der Waals surface area contributed by atoms with Crippen LogP contribution in [0.3, 0.4) is 0 Å². The molecule has 4 amide bonds. The van der Waals surface area contributed by atoms with Gasteiger partial charge in [0.15, 0.2) is 0 Å². The Hall–Kier alpha value is -5.39. The number of hydrogen-bond acceptors (Lipinski definition) is 6. The number of carbonyl (C=O) groups is 3. The van der Waals surface area contributed by atoms with E-state index in [4.69, 9.17) is 4.74 Å². The summed E-state index contributed by atoms with van der Waals surface area (Å²) >= 11 is 0. The van der Waals surface area contributed by atoms with Crippen LogP contribution < -0.4 is 10.6 Å². The lowest BCUT2D eigenvalue weighted by atomic mass is 9.98. The van der Waals surface area contributed by atoms with Gasteiger partial charge >= 0.3 is 18.2 Å². The maximum Gasteiger partial charge on any atom is 0.409 e. The number of carbonyl (C=O) groups excluding carboxylic acids is 2. The van der Waals surface area contributed by atoms with Gasteiger partial charge in [0.1, 0.15) is 6.61 Å². The molecule has 0 saturated heterocycles. The smallest absolute Gasteiger partial charge is 0.409 e. The van der Waals surface area contributed by atoms with Gasteiger partial charge in [-0.25, -0.2) is 14.4 Å². The molecule has 280 valence electrons. The largest absolute Gasteiger partial charge is 0.465 e. The lowest BCUT2D eigenvalue weighted by Crippen LogP contribution is -2.57. The summed E-state index contributed by atoms with van der Waals surface area (Å²) in [4.78, 5) is 42.0. The maximum absolute atomic E-state index is 14.1. The van der Waals surface area contributed by atoms with Crippen LogP contribution in [-0.4, -0.2) is 99.9 Å². The third-order valence-corrected chi connectivity index (χ3v) is 9.51. The Morgan fingerprint density at radius 3 is 1.75 bits per heavy atom. The van der Waals surface area contributed by atoms with Crippen LogP contribution >= 0.6 is 0 Å². The third-order valence-electron chi connectivity index (χ3n) is 9.51. The second kappa shape index (κ2) is 17.4. The van der Waals surface area contributed by atoms with E-state index in [2.05, 4.69) is 10.6 Å². The first kappa shape index (κ1) is 38.8. The van der Waals surface area contributed by atoms with Crippen molar-refractivity contribution >= 4 is 18.2 Å². The fourth-order valence-electron chi connectivity index (χ4n) is 6.87. The van der Waals surface area contributed by atoms with Gasteiger partial charge in [-0.1, -0.05) is 109 Å². The number of aliphatic hydroxyl groups excluding tert-OH is 2. The monoisotopic (exact) mass is 722 g/mol. The van der Waals surface area contributed by atoms with Gasteiger partial charge in [0.05, 0.1) is 37.4 Å². The molecule has 1 unspecified atom stereocenters. The molecule has 0 aromatic heterocycles. The fourth-order valence-corrected chi connectivity index (χ4v) is 6.87. The molecule has 5 rings (SSSR count). The van der Waals surface area contributed by atoms with Crippen LogP contribution in [0.25, 0.3) is 11.1 Å². The molecule has 4 aromatic carbocycles. The van der Waals surface area contributed by atoms with Gasteiger partial charge in [-0.15, -0.1) is 0 Å². The molecule has 4 atom stereocenters. The Morgan fingerprint density at radius 1 is 0.736 bits per heavy atom. The molecule has 11 nitrogen and oxygen atoms in total. The van der Waals surface area contributed by atoms with Crippen LogP contribution in [0.1, 0.15) is 48.9 Å². The van der Waals surface area contributed by atoms with Crippen LogP contribution in [0.4, 0.5) is 14.4 Å². The molecule has 1 aliphatic carbocycles. The molecule has 0 fully saturated rings. The number of urea groups is 1. The first-order chi connectivity index (χ1) is 25.3. The minimum Gasteiger partial charge on any atom is -0.465 e. The van der Waals surface area contributed by atoms with Gasteiger partial charge in [0, 0.05) is 18.5 Å². The molecule has 53 heavy (non-hydrogen) atoms. The van der Waals surface area contributed by atoms with Crippen molar-refractivity contribution in [1.82, 2.24) is 20.4 Å². The Kier molecular flexibility index (Phi) is 12.8. The van der Waals surface area contributed by atoms with Crippen LogP contribution in [0, 0.1) is 0 Å². The van der Waals surface area contributed by atoms with Gasteiger partial charge < -0.3 is 40.5 Å². The van der Waals surface area contributed by atoms with Crippen molar-refractivity contribution < 1.29 is 34.4 Å². The number of nitrogens with one attached hydrogen (secondary N) is 2. The van der Waals surface area contributed by atoms with Gasteiger partial charge in [0.25, 0.3) is 0 Å². The second-order valence-electron chi connectivity index (χ2n) is 14.6. The first-order valence-corrected chi connectivity index (χ1v) is 17.9. The van der Waals surface area contributed by atoms with Crippen molar-refractivity contribution in [2.24, 2.45) is 0 Å². The zero-order valence-electron chi connectivity index (χ0n) is 30.7. The normalized spacial score (nSPS) is 14.5. The highest BCUT2D eigenvalue weighted by Gasteiger charge is 2.35. The molecule has 5 N–H and O–H groups in total. The maximum atomic E-state index is 14.1. The number of ether oxygens (including phenoxy) is 1. The number of likely N-dealkylation sites (N-methyl/N-ethyl adjacent to an activating group) is 1. The van der Waals surface area contributed by atoms with Crippen molar-refractivity contribution in [2.75, 3.05) is 26.7 Å². The van der Waals surface area contributed by atoms with E-state index in [-0.39, 0.29) is 38.5 Å². The number of fused-ring (bicyclic) bond motifs is 3. The van der Waals surface area contributed by atoms with Crippen LogP contribution in [0.2, 0.25) is 0 Å². The highest BCUT2D eigenvalue weighted by molar-refractivity contribution is 5.79. The molecule has 0 bridgehead atoms. The second-order valence-corrected chi connectivity index (χ2v) is 14.6. The fraction of sp³-hybridized carbons (Fsp3) is 0.357. The summed E-state index contributed by atoms with van der Waals surface area (Å²) in [5.74, 6) is -0.236. The first-order valence-electron chi connectivity index (χ1n) is 17.9. The molecule has 4 aromatic rings. The minimum atomic E-state index is -1.38. The Bertz CT molecular complexity index is 1790. The number of nitrogens with zero attached hydrogens (tertiary/aromatic N) is 2. The lowest BCUT2D eigenvalue weighted by Gasteiger charge is -2.37. The number of hydrogen-bond donors (Lipinski definition) is 5. The molecule has 0 radical (unpaired) electrons. The Morgan fingerprint density at radius 2 is 1.23 bits per heavy atom. The summed E-state index contributed by atoms with van der Waals surface area (Å²) in [5, 5.41) is 38.5. The zero-order valence-corrected chi connectivity index (χ0v) is 30.7. The van der Waals surface area contributed by atoms with Gasteiger partial charge in [-0.2, -0.15) is 0 Å². The van der Waals surface area contributed by atoms with Gasteiger partial charge in [0.2, 0.25) is 0 Å². The van der Waals surface area contributed by atoms with E-state index < -0.39 is 48.0 Å². The summed E-state index contributed by atoms with van der Waals surface area (Å²) in [5.41, 5.74) is 5.29. The van der Waals surface area contributed by atoms with Gasteiger partial charge in [-0.3, -0.25) is 0 Å². The average Bonchev–Trinajstić information content (AvgIpc) is 3.45. The number of aliphatic hydroxyl groups is 2. The molecule has 0 spiro atoms. The predicted molar refractivity (Wildman–Crippen MR) is 204 cm³/mol. The van der Waals surface area contributed by atoms with E-state index in [0.717, 1.165) is 33.4 Å². The molecule has 11 heteroatoms. The number of carboxylic acid groups (broad SMARTS) is 1. The lowest BCUT2D eigenvalue weighted by molar-refractivity contribution is 0.0153. The number of benzene rings is 4. The molecule has 1 aliphatic rings. The van der Waals surface area contributed by atoms with Gasteiger partial charge in [-0.05, 0) is 67.0 Å². The zero-order chi connectivity index (χ0) is 38.1. The van der Waals surface area contributed by atoms with E-state index in [0.29, 0.717) is 0 Å². The number of rotatable bonds is 14. The Labute approximate surface area is 311 Å². The predicted octanol–water partition coefficient (Wildman–Crippen LogP) is 5.89. The highest BCUT2D eigenvalue weighted by Crippen LogP contribution is 2.44. The summed E-state index contributed by atoms with van der Waals surface area (Å²) in [7, 11) is 1.59. The van der Waals surface area contributed by atoms with E-state index >= 15 is 0 Å². The van der Waals surface area contributed by atoms with Crippen molar-refractivity contribution in [2.45, 2.75) is 69.4 Å². The van der Waals surface area contributed by atoms with Crippen LogP contribution in [-0.2, 0) is 17.6 Å². The average molecular weight is 723 g/mol. The van der Waals surface area contributed by atoms with Crippen molar-refractivity contribution in [3.8, 4) is 11.1 Å². The molecule has 0 aliphatic heterocycles. The summed E-state index contributed by atoms with van der Waals surface area (Å²) < 4.78 is 5.99. The molecule has 0 saturated carbocycles. The van der Waals surface area contributed by atoms with Crippen LogP contribution in [0.5, 0.6) is 0 Å². The van der Waals surface area contributed by atoms with Crippen molar-refractivity contribution in [3.63, 3.8) is 0 Å². The standard InChI is InChI=1S/C42H50N4O7/c1-42(2,3)44-39(49)45(4)36(24-29-17-9-6-10-18-29)38(48)26-46(25-37(47)35(43-40(50)51)23-28-15-7-5-8-16-28)41(52)53-27-34-32-21-13-11-19-30(32)31-20-12-14-22-33(31)34/h5-22,34-38,43,47-48H,23-27H2,1-4H3,(H,44,49)(H,50,51)/t35-,36-,37+,38?/m0/s1. The molecular formula is C42H50N4O7. The number of amides is 4. The third kappa shape index (κ3) is 10.4. The molecular weight excluding hydrogens is 672 g/mol. The van der Waals surface area contributed by atoms with Crippen molar-refractivity contribution in [1.29, 1.82) is 0 Å².